The van der Waals surface area contributed by atoms with Gasteiger partial charge >= 0.3 is 5.97 Å². The molecule has 6 heteroatoms. The zero-order valence-electron chi connectivity index (χ0n) is 10.2. The van der Waals surface area contributed by atoms with Gasteiger partial charge in [-0.2, -0.15) is 0 Å². The molecule has 1 aromatic rings. The van der Waals surface area contributed by atoms with Crippen LogP contribution in [0.25, 0.3) is 0 Å². The molecule has 1 aromatic carbocycles. The summed E-state index contributed by atoms with van der Waals surface area (Å²) in [6.45, 7) is 0.202. The van der Waals surface area contributed by atoms with Crippen molar-refractivity contribution in [2.24, 2.45) is 0 Å². The maximum absolute atomic E-state index is 11.0. The van der Waals surface area contributed by atoms with E-state index >= 15 is 0 Å². The van der Waals surface area contributed by atoms with Gasteiger partial charge in [-0.3, -0.25) is 0 Å². The summed E-state index contributed by atoms with van der Waals surface area (Å²) in [6.07, 6.45) is -5.37. The lowest BCUT2D eigenvalue weighted by molar-refractivity contribution is -0.152. The van der Waals surface area contributed by atoms with Crippen molar-refractivity contribution in [3.05, 3.63) is 35.9 Å². The SMILES string of the molecule is O=C1O[C@H]([C@@H](O)COCc2ccccc2)[C@@H](O)[C@H]1O. The van der Waals surface area contributed by atoms with Crippen molar-refractivity contribution < 1.29 is 29.6 Å². The third kappa shape index (κ3) is 3.30. The summed E-state index contributed by atoms with van der Waals surface area (Å²) >= 11 is 0. The van der Waals surface area contributed by atoms with E-state index in [0.717, 1.165) is 5.56 Å². The van der Waals surface area contributed by atoms with Gasteiger partial charge in [-0.15, -0.1) is 0 Å². The van der Waals surface area contributed by atoms with Crippen molar-refractivity contribution in [2.75, 3.05) is 6.61 Å². The number of carbonyl (C=O) groups is 1. The van der Waals surface area contributed by atoms with Crippen LogP contribution in [0.1, 0.15) is 5.56 Å². The fraction of sp³-hybridized carbons (Fsp3) is 0.462. The highest BCUT2D eigenvalue weighted by atomic mass is 16.6. The molecule has 4 atom stereocenters. The van der Waals surface area contributed by atoms with Gasteiger partial charge in [0.05, 0.1) is 13.2 Å². The molecule has 1 aliphatic heterocycles. The normalized spacial score (nSPS) is 28.2. The Morgan fingerprint density at radius 2 is 1.95 bits per heavy atom. The third-order valence-corrected chi connectivity index (χ3v) is 2.93. The van der Waals surface area contributed by atoms with E-state index in [4.69, 9.17) is 4.74 Å². The first-order valence-electron chi connectivity index (χ1n) is 5.96. The Hall–Kier alpha value is -1.47. The van der Waals surface area contributed by atoms with Gasteiger partial charge in [0.15, 0.2) is 12.2 Å². The summed E-state index contributed by atoms with van der Waals surface area (Å²) in [7, 11) is 0. The summed E-state index contributed by atoms with van der Waals surface area (Å²) in [5.41, 5.74) is 0.943. The smallest absolute Gasteiger partial charge is 0.338 e. The Kier molecular flexibility index (Phi) is 4.49. The summed E-state index contributed by atoms with van der Waals surface area (Å²) in [6, 6.07) is 9.37. The van der Waals surface area contributed by atoms with E-state index in [2.05, 4.69) is 4.74 Å². The Labute approximate surface area is 110 Å². The molecular formula is C13H16O6. The number of benzene rings is 1. The quantitative estimate of drug-likeness (QED) is 0.606. The number of aliphatic hydroxyl groups excluding tert-OH is 3. The highest BCUT2D eigenvalue weighted by molar-refractivity contribution is 5.77. The lowest BCUT2D eigenvalue weighted by atomic mass is 10.1. The molecule has 1 saturated heterocycles. The summed E-state index contributed by atoms with van der Waals surface area (Å²) in [4.78, 5) is 11.0. The van der Waals surface area contributed by atoms with E-state index in [1.807, 2.05) is 30.3 Å². The average molecular weight is 268 g/mol. The molecule has 0 aromatic heterocycles. The number of cyclic esters (lactones) is 1. The Morgan fingerprint density at radius 3 is 2.53 bits per heavy atom. The zero-order valence-corrected chi connectivity index (χ0v) is 10.2. The van der Waals surface area contributed by atoms with Crippen molar-refractivity contribution >= 4 is 5.97 Å². The fourth-order valence-corrected chi connectivity index (χ4v) is 1.87. The minimum Gasteiger partial charge on any atom is -0.455 e. The first-order chi connectivity index (χ1) is 9.09. The number of rotatable bonds is 5. The molecule has 3 N–H and O–H groups in total. The van der Waals surface area contributed by atoms with E-state index in [9.17, 15) is 20.1 Å². The maximum atomic E-state index is 11.0. The average Bonchev–Trinajstić information content (AvgIpc) is 2.68. The first-order valence-corrected chi connectivity index (χ1v) is 5.96. The Bertz CT molecular complexity index is 420. The Balaban J connectivity index is 1.79. The molecule has 0 bridgehead atoms. The predicted octanol–water partition coefficient (Wildman–Crippen LogP) is -0.789. The number of ether oxygens (including phenoxy) is 2. The van der Waals surface area contributed by atoms with Crippen molar-refractivity contribution in [1.29, 1.82) is 0 Å². The first kappa shape index (κ1) is 14.0. The van der Waals surface area contributed by atoms with Crippen LogP contribution >= 0.6 is 0 Å². The van der Waals surface area contributed by atoms with Crippen molar-refractivity contribution in [3.63, 3.8) is 0 Å². The van der Waals surface area contributed by atoms with E-state index in [0.29, 0.717) is 6.61 Å². The van der Waals surface area contributed by atoms with Crippen LogP contribution in [0.5, 0.6) is 0 Å². The highest BCUT2D eigenvalue weighted by Gasteiger charge is 2.46. The second kappa shape index (κ2) is 6.12. The fourth-order valence-electron chi connectivity index (χ4n) is 1.87. The van der Waals surface area contributed by atoms with Gasteiger partial charge in [0.1, 0.15) is 12.2 Å². The summed E-state index contributed by atoms with van der Waals surface area (Å²) < 4.78 is 9.96. The Morgan fingerprint density at radius 1 is 1.26 bits per heavy atom. The van der Waals surface area contributed by atoms with Gasteiger partial charge in [-0.05, 0) is 5.56 Å². The topological polar surface area (TPSA) is 96.2 Å². The van der Waals surface area contributed by atoms with E-state index in [1.165, 1.54) is 0 Å². The van der Waals surface area contributed by atoms with Gasteiger partial charge in [-0.1, -0.05) is 30.3 Å². The van der Waals surface area contributed by atoms with Crippen LogP contribution in [0.15, 0.2) is 30.3 Å². The third-order valence-electron chi connectivity index (χ3n) is 2.93. The van der Waals surface area contributed by atoms with Crippen LogP contribution in [-0.2, 0) is 20.9 Å². The summed E-state index contributed by atoms with van der Waals surface area (Å²) in [5, 5.41) is 28.5. The number of carbonyl (C=O) groups excluding carboxylic acids is 1. The molecule has 1 aliphatic rings. The molecule has 0 saturated carbocycles. The second-order valence-electron chi connectivity index (χ2n) is 4.41. The molecule has 19 heavy (non-hydrogen) atoms. The van der Waals surface area contributed by atoms with Crippen LogP contribution < -0.4 is 0 Å². The second-order valence-corrected chi connectivity index (χ2v) is 4.41. The van der Waals surface area contributed by atoms with Crippen LogP contribution in [-0.4, -0.2) is 52.3 Å². The van der Waals surface area contributed by atoms with Crippen LogP contribution in [0.3, 0.4) is 0 Å². The van der Waals surface area contributed by atoms with Gasteiger partial charge < -0.3 is 24.8 Å². The molecule has 0 unspecified atom stereocenters. The molecule has 0 aliphatic carbocycles. The molecule has 0 radical (unpaired) electrons. The van der Waals surface area contributed by atoms with Gasteiger partial charge in [-0.25, -0.2) is 4.79 Å². The molecule has 1 fully saturated rings. The van der Waals surface area contributed by atoms with Crippen molar-refractivity contribution in [1.82, 2.24) is 0 Å². The largest absolute Gasteiger partial charge is 0.455 e. The number of aliphatic hydroxyl groups is 3. The number of hydrogen-bond donors (Lipinski definition) is 3. The van der Waals surface area contributed by atoms with Crippen LogP contribution in [0.4, 0.5) is 0 Å². The molecule has 2 rings (SSSR count). The number of esters is 1. The minimum absolute atomic E-state index is 0.101. The van der Waals surface area contributed by atoms with Crippen LogP contribution in [0.2, 0.25) is 0 Å². The molecule has 0 amide bonds. The molecule has 1 heterocycles. The summed E-state index contributed by atoms with van der Waals surface area (Å²) in [5.74, 6) is -0.931. The monoisotopic (exact) mass is 268 g/mol. The van der Waals surface area contributed by atoms with Crippen molar-refractivity contribution in [2.45, 2.75) is 31.0 Å². The van der Waals surface area contributed by atoms with E-state index in [1.54, 1.807) is 0 Å². The molecule has 104 valence electrons. The minimum atomic E-state index is -1.60. The van der Waals surface area contributed by atoms with E-state index in [-0.39, 0.29) is 6.61 Å². The van der Waals surface area contributed by atoms with Crippen molar-refractivity contribution in [3.8, 4) is 0 Å². The number of hydrogen-bond acceptors (Lipinski definition) is 6. The lowest BCUT2D eigenvalue weighted by Gasteiger charge is -2.19. The standard InChI is InChI=1S/C13H16O6/c14-9(12-10(15)11(16)13(17)19-12)7-18-6-8-4-2-1-3-5-8/h1-5,9-12,14-16H,6-7H2/t9-,10-,11+,12+/m0/s1. The lowest BCUT2D eigenvalue weighted by Crippen LogP contribution is -2.40. The molecule has 6 nitrogen and oxygen atoms in total. The predicted molar refractivity (Wildman–Crippen MR) is 64.0 cm³/mol. The van der Waals surface area contributed by atoms with E-state index < -0.39 is 30.4 Å². The van der Waals surface area contributed by atoms with Gasteiger partial charge in [0.2, 0.25) is 0 Å². The zero-order chi connectivity index (χ0) is 13.8. The molecular weight excluding hydrogens is 252 g/mol. The maximum Gasteiger partial charge on any atom is 0.338 e. The highest BCUT2D eigenvalue weighted by Crippen LogP contribution is 2.19. The van der Waals surface area contributed by atoms with Gasteiger partial charge in [0, 0.05) is 0 Å². The van der Waals surface area contributed by atoms with Crippen LogP contribution in [0, 0.1) is 0 Å². The molecule has 0 spiro atoms. The van der Waals surface area contributed by atoms with Gasteiger partial charge in [0.25, 0.3) is 0 Å².